The quantitative estimate of drug-likeness (QED) is 0.737. The number of nitrogens with one attached hydrogen (secondary N) is 2. The van der Waals surface area contributed by atoms with Crippen LogP contribution in [0.25, 0.3) is 10.8 Å². The number of hydrogen-bond acceptors (Lipinski definition) is 4. The number of quaternary nitrogens is 1. The topological polar surface area (TPSA) is 77.7 Å². The lowest BCUT2D eigenvalue weighted by Gasteiger charge is -2.23. The van der Waals surface area contributed by atoms with Gasteiger partial charge >= 0.3 is 0 Å². The molecule has 134 valence electrons. The maximum atomic E-state index is 12.6. The summed E-state index contributed by atoms with van der Waals surface area (Å²) in [6, 6.07) is 7.16. The van der Waals surface area contributed by atoms with E-state index >= 15 is 0 Å². The molecule has 0 atom stereocenters. The van der Waals surface area contributed by atoms with Crippen molar-refractivity contribution in [2.45, 2.75) is 19.9 Å². The van der Waals surface area contributed by atoms with Crippen LogP contribution in [0.2, 0.25) is 0 Å². The molecule has 0 aliphatic carbocycles. The number of rotatable bonds is 6. The summed E-state index contributed by atoms with van der Waals surface area (Å²) in [5.74, 6) is -0.228. The Morgan fingerprint density at radius 1 is 1.28 bits per heavy atom. The van der Waals surface area contributed by atoms with Gasteiger partial charge in [0.15, 0.2) is 5.69 Å². The third-order valence-electron chi connectivity index (χ3n) is 4.48. The highest BCUT2D eigenvalue weighted by Crippen LogP contribution is 2.13. The monoisotopic (exact) mass is 345 g/mol. The predicted octanol–water partition coefficient (Wildman–Crippen LogP) is -0.549. The zero-order chi connectivity index (χ0) is 17.6. The summed E-state index contributed by atoms with van der Waals surface area (Å²) < 4.78 is 6.73. The lowest BCUT2D eigenvalue weighted by Crippen LogP contribution is -3.14. The third kappa shape index (κ3) is 4.05. The van der Waals surface area contributed by atoms with Gasteiger partial charge in [-0.2, -0.15) is 5.10 Å². The Labute approximate surface area is 146 Å². The van der Waals surface area contributed by atoms with Crippen molar-refractivity contribution in [1.29, 1.82) is 0 Å². The highest BCUT2D eigenvalue weighted by molar-refractivity contribution is 6.04. The van der Waals surface area contributed by atoms with Gasteiger partial charge in [0.25, 0.3) is 11.5 Å². The van der Waals surface area contributed by atoms with Crippen LogP contribution in [0.3, 0.4) is 0 Å². The average Bonchev–Trinajstić information content (AvgIpc) is 2.65. The van der Waals surface area contributed by atoms with Crippen LogP contribution in [-0.4, -0.2) is 55.1 Å². The Hall–Kier alpha value is -2.25. The van der Waals surface area contributed by atoms with Gasteiger partial charge in [-0.3, -0.25) is 9.59 Å². The second-order valence-corrected chi connectivity index (χ2v) is 6.29. The highest BCUT2D eigenvalue weighted by atomic mass is 16.5. The number of fused-ring (bicyclic) bond motifs is 1. The average molecular weight is 345 g/mol. The Balaban J connectivity index is 1.77. The number of hydrogen-bond donors (Lipinski definition) is 2. The summed E-state index contributed by atoms with van der Waals surface area (Å²) >= 11 is 0. The fraction of sp³-hybridized carbons (Fsp3) is 0.500. The first-order valence-corrected chi connectivity index (χ1v) is 8.90. The van der Waals surface area contributed by atoms with Crippen LogP contribution in [-0.2, 0) is 11.3 Å². The molecule has 0 spiro atoms. The molecule has 2 heterocycles. The van der Waals surface area contributed by atoms with Crippen molar-refractivity contribution in [2.75, 3.05) is 39.4 Å². The van der Waals surface area contributed by atoms with Gasteiger partial charge in [0.2, 0.25) is 0 Å². The molecule has 1 fully saturated rings. The largest absolute Gasteiger partial charge is 0.370 e. The van der Waals surface area contributed by atoms with Gasteiger partial charge in [-0.1, -0.05) is 25.1 Å². The van der Waals surface area contributed by atoms with Crippen molar-refractivity contribution < 1.29 is 14.4 Å². The predicted molar refractivity (Wildman–Crippen MR) is 95.0 cm³/mol. The number of carbonyl (C=O) groups excluding carboxylic acids is 1. The summed E-state index contributed by atoms with van der Waals surface area (Å²) in [7, 11) is 0. The first-order valence-electron chi connectivity index (χ1n) is 8.90. The Bertz CT molecular complexity index is 796. The number of ether oxygens (including phenoxy) is 1. The number of aromatic nitrogens is 2. The lowest BCUT2D eigenvalue weighted by molar-refractivity contribution is -0.906. The Kier molecular flexibility index (Phi) is 5.78. The van der Waals surface area contributed by atoms with E-state index < -0.39 is 0 Å². The van der Waals surface area contributed by atoms with Gasteiger partial charge < -0.3 is 15.0 Å². The van der Waals surface area contributed by atoms with Crippen LogP contribution in [0.4, 0.5) is 0 Å². The minimum Gasteiger partial charge on any atom is -0.370 e. The summed E-state index contributed by atoms with van der Waals surface area (Å²) in [5.41, 5.74) is 0.174. The fourth-order valence-electron chi connectivity index (χ4n) is 3.11. The first-order chi connectivity index (χ1) is 12.2. The fourth-order valence-corrected chi connectivity index (χ4v) is 3.11. The van der Waals surface area contributed by atoms with Gasteiger partial charge in [-0.15, -0.1) is 0 Å². The summed E-state index contributed by atoms with van der Waals surface area (Å²) in [5, 5.41) is 8.41. The van der Waals surface area contributed by atoms with E-state index in [0.717, 1.165) is 39.3 Å². The third-order valence-corrected chi connectivity index (χ3v) is 4.48. The van der Waals surface area contributed by atoms with Crippen molar-refractivity contribution in [3.8, 4) is 0 Å². The molecule has 0 unspecified atom stereocenters. The molecule has 1 aromatic carbocycles. The van der Waals surface area contributed by atoms with Crippen molar-refractivity contribution in [2.24, 2.45) is 0 Å². The minimum atomic E-state index is -0.228. The maximum Gasteiger partial charge on any atom is 0.274 e. The van der Waals surface area contributed by atoms with E-state index in [-0.39, 0.29) is 11.5 Å². The zero-order valence-electron chi connectivity index (χ0n) is 14.6. The smallest absolute Gasteiger partial charge is 0.274 e. The van der Waals surface area contributed by atoms with Crippen LogP contribution in [0, 0.1) is 0 Å². The Morgan fingerprint density at radius 2 is 2.00 bits per heavy atom. The van der Waals surface area contributed by atoms with E-state index in [1.54, 1.807) is 12.1 Å². The van der Waals surface area contributed by atoms with Crippen LogP contribution in [0.1, 0.15) is 23.8 Å². The van der Waals surface area contributed by atoms with Crippen molar-refractivity contribution in [3.05, 3.63) is 40.3 Å². The highest BCUT2D eigenvalue weighted by Gasteiger charge is 2.18. The summed E-state index contributed by atoms with van der Waals surface area (Å²) in [6.45, 7) is 7.42. The van der Waals surface area contributed by atoms with Gasteiger partial charge in [0.1, 0.15) is 13.1 Å². The van der Waals surface area contributed by atoms with Crippen LogP contribution in [0.5, 0.6) is 0 Å². The molecule has 3 rings (SSSR count). The molecule has 7 nitrogen and oxygen atoms in total. The normalized spacial score (nSPS) is 15.4. The molecule has 0 bridgehead atoms. The zero-order valence-corrected chi connectivity index (χ0v) is 14.6. The van der Waals surface area contributed by atoms with E-state index in [0.29, 0.717) is 29.6 Å². The van der Waals surface area contributed by atoms with E-state index in [9.17, 15) is 9.59 Å². The summed E-state index contributed by atoms with van der Waals surface area (Å²) in [6.07, 6.45) is 0.784. The molecule has 0 saturated carbocycles. The number of benzene rings is 1. The maximum absolute atomic E-state index is 12.6. The van der Waals surface area contributed by atoms with E-state index in [4.69, 9.17) is 4.74 Å². The minimum absolute atomic E-state index is 0.147. The van der Waals surface area contributed by atoms with Gasteiger partial charge in [0.05, 0.1) is 31.7 Å². The van der Waals surface area contributed by atoms with Crippen LogP contribution >= 0.6 is 0 Å². The molecule has 1 saturated heterocycles. The molecule has 1 aliphatic rings. The number of aryl methyl sites for hydroxylation is 1. The number of nitrogens with zero attached hydrogens (tertiary/aromatic N) is 2. The number of carbonyl (C=O) groups is 1. The van der Waals surface area contributed by atoms with E-state index in [2.05, 4.69) is 10.4 Å². The standard InChI is InChI=1S/C18H24N4O3/c1-2-8-22-18(24)15-6-4-3-5-14(15)16(20-22)17(23)19-7-9-21-10-12-25-13-11-21/h3-6H,2,7-13H2,1H3,(H,19,23)/p+1. The van der Waals surface area contributed by atoms with Gasteiger partial charge in [-0.25, -0.2) is 4.68 Å². The van der Waals surface area contributed by atoms with Crippen molar-refractivity contribution in [3.63, 3.8) is 0 Å². The van der Waals surface area contributed by atoms with E-state index in [1.165, 1.54) is 9.58 Å². The Morgan fingerprint density at radius 3 is 2.72 bits per heavy atom. The van der Waals surface area contributed by atoms with Crippen LogP contribution < -0.4 is 15.8 Å². The van der Waals surface area contributed by atoms with Crippen LogP contribution in [0.15, 0.2) is 29.1 Å². The van der Waals surface area contributed by atoms with Crippen molar-refractivity contribution >= 4 is 16.7 Å². The number of morpholine rings is 1. The second-order valence-electron chi connectivity index (χ2n) is 6.29. The molecule has 2 aromatic rings. The van der Waals surface area contributed by atoms with Gasteiger partial charge in [-0.05, 0) is 12.5 Å². The molecule has 7 heteroatoms. The summed E-state index contributed by atoms with van der Waals surface area (Å²) in [4.78, 5) is 26.5. The SMILES string of the molecule is CCCn1nc(C(=O)NCC[NH+]2CCOCC2)c2ccccc2c1=O. The lowest BCUT2D eigenvalue weighted by atomic mass is 10.1. The number of amides is 1. The molecule has 1 aliphatic heterocycles. The molecule has 1 aromatic heterocycles. The molecule has 25 heavy (non-hydrogen) atoms. The van der Waals surface area contributed by atoms with Crippen molar-refractivity contribution in [1.82, 2.24) is 15.1 Å². The second kappa shape index (κ2) is 8.22. The van der Waals surface area contributed by atoms with E-state index in [1.807, 2.05) is 19.1 Å². The van der Waals surface area contributed by atoms with Gasteiger partial charge in [0, 0.05) is 11.9 Å². The molecular formula is C18H25N4O3+. The molecule has 2 N–H and O–H groups in total. The molecule has 1 amide bonds. The first kappa shape index (κ1) is 17.6. The molecule has 0 radical (unpaired) electrons. The molecular weight excluding hydrogens is 320 g/mol.